The van der Waals surface area contributed by atoms with Crippen LogP contribution < -0.4 is 0 Å². The Morgan fingerprint density at radius 3 is 2.08 bits per heavy atom. The highest BCUT2D eigenvalue weighted by molar-refractivity contribution is 7.89. The highest BCUT2D eigenvalue weighted by Gasteiger charge is 2.29. The molecule has 5 rings (SSSR count). The Kier molecular flexibility index (Phi) is 6.93. The summed E-state index contributed by atoms with van der Waals surface area (Å²) in [6.45, 7) is -0.466. The van der Waals surface area contributed by atoms with E-state index in [9.17, 15) is 13.5 Å². The second-order valence-electron chi connectivity index (χ2n) is 8.31. The van der Waals surface area contributed by atoms with Gasteiger partial charge in [-0.2, -0.15) is 4.31 Å². The average Bonchev–Trinajstić information content (AvgIpc) is 3.51. The molecule has 1 aromatic heterocycles. The smallest absolute Gasteiger partial charge is 0.243 e. The lowest BCUT2D eigenvalue weighted by Gasteiger charge is -2.23. The van der Waals surface area contributed by atoms with Crippen LogP contribution >= 0.6 is 11.6 Å². The molecule has 0 amide bonds. The van der Waals surface area contributed by atoms with E-state index in [2.05, 4.69) is 5.16 Å². The first-order valence-corrected chi connectivity index (χ1v) is 13.1. The van der Waals surface area contributed by atoms with Crippen molar-refractivity contribution in [2.45, 2.75) is 17.5 Å². The minimum absolute atomic E-state index is 0.0513. The van der Waals surface area contributed by atoms with Crippen LogP contribution in [0.5, 0.6) is 0 Å². The Balaban J connectivity index is 1.33. The normalized spacial score (nSPS) is 13.4. The number of sulfonamides is 1. The lowest BCUT2D eigenvalue weighted by molar-refractivity contribution is 0.0296. The topological polar surface area (TPSA) is 92.3 Å². The van der Waals surface area contributed by atoms with Crippen molar-refractivity contribution in [2.75, 3.05) is 13.2 Å². The Labute approximate surface area is 214 Å². The molecular weight excluding hydrogens is 500 g/mol. The summed E-state index contributed by atoms with van der Waals surface area (Å²) >= 11 is 5.92. The number of oxime groups is 1. The van der Waals surface area contributed by atoms with Gasteiger partial charge in [-0.15, -0.1) is 0 Å². The first kappa shape index (κ1) is 24.3. The summed E-state index contributed by atoms with van der Waals surface area (Å²) in [6.07, 6.45) is 0.327. The fourth-order valence-corrected chi connectivity index (χ4v) is 5.72. The summed E-state index contributed by atoms with van der Waals surface area (Å²) < 4.78 is 33.1. The van der Waals surface area contributed by atoms with Gasteiger partial charge in [0.25, 0.3) is 0 Å². The summed E-state index contributed by atoms with van der Waals surface area (Å²) in [5, 5.41) is 15.5. The van der Waals surface area contributed by atoms with Gasteiger partial charge in [0.1, 0.15) is 24.2 Å². The lowest BCUT2D eigenvalue weighted by Crippen LogP contribution is -2.38. The van der Waals surface area contributed by atoms with Crippen LogP contribution in [0.25, 0.3) is 11.1 Å². The van der Waals surface area contributed by atoms with Gasteiger partial charge in [-0.1, -0.05) is 65.3 Å². The number of nitrogens with zero attached hydrogens (tertiary/aromatic N) is 2. The second-order valence-corrected chi connectivity index (χ2v) is 10.7. The Bertz CT molecular complexity index is 1440. The predicted octanol–water partition coefficient (Wildman–Crippen LogP) is 4.93. The maximum absolute atomic E-state index is 13.3. The number of halogens is 1. The van der Waals surface area contributed by atoms with Crippen molar-refractivity contribution in [1.82, 2.24) is 4.31 Å². The third kappa shape index (κ3) is 4.94. The monoisotopic (exact) mass is 522 g/mol. The molecule has 0 aliphatic heterocycles. The van der Waals surface area contributed by atoms with Gasteiger partial charge in [0.05, 0.1) is 17.7 Å². The molecule has 0 radical (unpaired) electrons. The first-order chi connectivity index (χ1) is 17.4. The average molecular weight is 523 g/mol. The molecule has 36 heavy (non-hydrogen) atoms. The molecule has 0 saturated carbocycles. The number of benzene rings is 3. The standard InChI is InChI=1S/C27H23ClN2O5S/c28-19-11-13-22(14-12-19)36(32,33)30(17-21-6-5-15-34-21)16-20(31)18-35-29-27-25-9-3-1-7-23(25)24-8-2-4-10-26(24)27/h1-15,20,31H,16-18H2. The summed E-state index contributed by atoms with van der Waals surface area (Å²) in [5.74, 6) is 0.445. The van der Waals surface area contributed by atoms with Crippen molar-refractivity contribution in [3.63, 3.8) is 0 Å². The molecule has 1 N–H and O–H groups in total. The first-order valence-electron chi connectivity index (χ1n) is 11.3. The SMILES string of the molecule is O=S(=O)(c1ccc(Cl)cc1)N(Cc1ccco1)CC(O)CON=C1c2ccccc2-c2ccccc21. The van der Waals surface area contributed by atoms with Gasteiger partial charge in [0.15, 0.2) is 0 Å². The maximum Gasteiger partial charge on any atom is 0.243 e. The van der Waals surface area contributed by atoms with Crippen LogP contribution in [0.2, 0.25) is 5.02 Å². The fraction of sp³-hybridized carbons (Fsp3) is 0.148. The highest BCUT2D eigenvalue weighted by atomic mass is 35.5. The molecule has 9 heteroatoms. The Morgan fingerprint density at radius 1 is 0.889 bits per heavy atom. The van der Waals surface area contributed by atoms with Crippen LogP contribution in [0.4, 0.5) is 0 Å². The van der Waals surface area contributed by atoms with E-state index in [0.29, 0.717) is 16.5 Å². The molecule has 0 spiro atoms. The molecule has 4 aromatic rings. The van der Waals surface area contributed by atoms with E-state index in [4.69, 9.17) is 20.9 Å². The molecule has 184 valence electrons. The number of aliphatic hydroxyl groups is 1. The van der Waals surface area contributed by atoms with Gasteiger partial charge < -0.3 is 14.4 Å². The van der Waals surface area contributed by atoms with Crippen LogP contribution in [0.1, 0.15) is 16.9 Å². The van der Waals surface area contributed by atoms with E-state index in [0.717, 1.165) is 26.6 Å². The van der Waals surface area contributed by atoms with Crippen molar-refractivity contribution >= 4 is 27.3 Å². The number of furan rings is 1. The molecule has 1 aliphatic rings. The fourth-order valence-electron chi connectivity index (χ4n) is 4.15. The van der Waals surface area contributed by atoms with E-state index < -0.39 is 16.1 Å². The quantitative estimate of drug-likeness (QED) is 0.277. The summed E-state index contributed by atoms with van der Waals surface area (Å²) in [5.41, 5.74) is 4.69. The highest BCUT2D eigenvalue weighted by Crippen LogP contribution is 2.36. The Morgan fingerprint density at radius 2 is 1.50 bits per heavy atom. The van der Waals surface area contributed by atoms with Crippen LogP contribution in [-0.4, -0.2) is 42.8 Å². The van der Waals surface area contributed by atoms with Crippen molar-refractivity contribution in [1.29, 1.82) is 0 Å². The Hall–Kier alpha value is -3.43. The molecular formula is C27H23ClN2O5S. The van der Waals surface area contributed by atoms with E-state index in [1.807, 2.05) is 48.5 Å². The molecule has 7 nitrogen and oxygen atoms in total. The third-order valence-electron chi connectivity index (χ3n) is 5.86. The zero-order valence-electron chi connectivity index (χ0n) is 19.1. The molecule has 3 aromatic carbocycles. The van der Waals surface area contributed by atoms with Gasteiger partial charge in [-0.25, -0.2) is 8.42 Å². The predicted molar refractivity (Wildman–Crippen MR) is 137 cm³/mol. The van der Waals surface area contributed by atoms with Gasteiger partial charge in [0, 0.05) is 22.7 Å². The summed E-state index contributed by atoms with van der Waals surface area (Å²) in [6, 6.07) is 25.0. The minimum atomic E-state index is -3.95. The minimum Gasteiger partial charge on any atom is -0.468 e. The van der Waals surface area contributed by atoms with Crippen molar-refractivity contribution < 1.29 is 22.8 Å². The van der Waals surface area contributed by atoms with Crippen molar-refractivity contribution in [2.24, 2.45) is 5.16 Å². The summed E-state index contributed by atoms with van der Waals surface area (Å²) in [4.78, 5) is 5.60. The van der Waals surface area contributed by atoms with Crippen molar-refractivity contribution in [3.05, 3.63) is 113 Å². The zero-order chi connectivity index (χ0) is 25.1. The van der Waals surface area contributed by atoms with Gasteiger partial charge >= 0.3 is 0 Å². The van der Waals surface area contributed by atoms with E-state index in [1.165, 1.54) is 30.5 Å². The van der Waals surface area contributed by atoms with Gasteiger partial charge in [-0.05, 0) is 47.5 Å². The third-order valence-corrected chi connectivity index (χ3v) is 7.93. The molecule has 1 aliphatic carbocycles. The zero-order valence-corrected chi connectivity index (χ0v) is 20.7. The maximum atomic E-state index is 13.3. The molecule has 1 unspecified atom stereocenters. The van der Waals surface area contributed by atoms with Crippen molar-refractivity contribution in [3.8, 4) is 11.1 Å². The van der Waals surface area contributed by atoms with Crippen LogP contribution in [0.15, 0.2) is 106 Å². The van der Waals surface area contributed by atoms with Crippen LogP contribution in [0.3, 0.4) is 0 Å². The van der Waals surface area contributed by atoms with Gasteiger partial charge in [0.2, 0.25) is 10.0 Å². The van der Waals surface area contributed by atoms with E-state index in [-0.39, 0.29) is 24.6 Å². The largest absolute Gasteiger partial charge is 0.468 e. The number of rotatable bonds is 9. The van der Waals surface area contributed by atoms with Crippen LogP contribution in [0, 0.1) is 0 Å². The summed E-state index contributed by atoms with van der Waals surface area (Å²) in [7, 11) is -3.95. The number of fused-ring (bicyclic) bond motifs is 3. The number of hydrogen-bond acceptors (Lipinski definition) is 6. The van der Waals surface area contributed by atoms with Crippen LogP contribution in [-0.2, 0) is 21.4 Å². The lowest BCUT2D eigenvalue weighted by atomic mass is 10.1. The molecule has 0 bridgehead atoms. The van der Waals surface area contributed by atoms with Gasteiger partial charge in [-0.3, -0.25) is 0 Å². The molecule has 0 fully saturated rings. The second kappa shape index (κ2) is 10.3. The number of hydrogen-bond donors (Lipinski definition) is 1. The molecule has 1 heterocycles. The molecule has 1 atom stereocenters. The van der Waals surface area contributed by atoms with E-state index >= 15 is 0 Å². The van der Waals surface area contributed by atoms with E-state index in [1.54, 1.807) is 12.1 Å². The molecule has 0 saturated heterocycles. The number of aliphatic hydroxyl groups excluding tert-OH is 1.